The highest BCUT2D eigenvalue weighted by Crippen LogP contribution is 2.20. The number of carbonyl (C=O) groups excluding carboxylic acids is 3. The van der Waals surface area contributed by atoms with Gasteiger partial charge in [-0.3, -0.25) is 14.3 Å². The molecule has 0 bridgehead atoms. The van der Waals surface area contributed by atoms with Gasteiger partial charge in [-0.2, -0.15) is 5.10 Å². The fourth-order valence-electron chi connectivity index (χ4n) is 3.32. The largest absolute Gasteiger partial charge is 0.452 e. The number of esters is 1. The van der Waals surface area contributed by atoms with Crippen molar-refractivity contribution in [3.05, 3.63) is 81.7 Å². The van der Waals surface area contributed by atoms with Crippen molar-refractivity contribution in [3.8, 4) is 0 Å². The Morgan fingerprint density at radius 3 is 2.29 bits per heavy atom. The van der Waals surface area contributed by atoms with Crippen LogP contribution in [0.2, 0.25) is 0 Å². The number of aromatic nitrogens is 2. The monoisotopic (exact) mass is 419 g/mol. The number of nitrogens with one attached hydrogen (secondary N) is 1. The van der Waals surface area contributed by atoms with Gasteiger partial charge in [-0.25, -0.2) is 4.79 Å². The van der Waals surface area contributed by atoms with Crippen molar-refractivity contribution in [1.82, 2.24) is 9.78 Å². The van der Waals surface area contributed by atoms with Gasteiger partial charge in [0, 0.05) is 18.2 Å². The molecule has 1 heterocycles. The van der Waals surface area contributed by atoms with E-state index in [1.54, 1.807) is 42.9 Å². The lowest BCUT2D eigenvalue weighted by Crippen LogP contribution is -2.22. The zero-order chi connectivity index (χ0) is 22.7. The standard InChI is InChI=1S/C24H25N3O4/c1-14-10-11-15(2)20(12-14)23(29)18-8-6-7-9-19(18)24(30)31-13-21(28)25-22-16(3)26-27(5)17(22)4/h6-12H,13H2,1-5H3,(H,25,28). The van der Waals surface area contributed by atoms with E-state index in [0.717, 1.165) is 16.8 Å². The van der Waals surface area contributed by atoms with Crippen LogP contribution in [0.25, 0.3) is 0 Å². The number of hydrogen-bond donors (Lipinski definition) is 1. The van der Waals surface area contributed by atoms with Crippen molar-refractivity contribution in [2.75, 3.05) is 11.9 Å². The molecule has 2 aromatic carbocycles. The smallest absolute Gasteiger partial charge is 0.339 e. The van der Waals surface area contributed by atoms with Crippen molar-refractivity contribution in [2.24, 2.45) is 7.05 Å². The number of aryl methyl sites for hydroxylation is 4. The molecule has 3 rings (SSSR count). The third-order valence-corrected chi connectivity index (χ3v) is 5.14. The van der Waals surface area contributed by atoms with Gasteiger partial charge in [-0.05, 0) is 45.4 Å². The zero-order valence-corrected chi connectivity index (χ0v) is 18.3. The second kappa shape index (κ2) is 8.95. The van der Waals surface area contributed by atoms with E-state index in [4.69, 9.17) is 4.74 Å². The summed E-state index contributed by atoms with van der Waals surface area (Å²) in [6.45, 7) is 6.89. The first kappa shape index (κ1) is 22.0. The third-order valence-electron chi connectivity index (χ3n) is 5.14. The Kier molecular flexibility index (Phi) is 6.34. The van der Waals surface area contributed by atoms with Crippen molar-refractivity contribution < 1.29 is 19.1 Å². The predicted octanol–water partition coefficient (Wildman–Crippen LogP) is 3.68. The summed E-state index contributed by atoms with van der Waals surface area (Å²) in [4.78, 5) is 38.1. The predicted molar refractivity (Wildman–Crippen MR) is 117 cm³/mol. The minimum Gasteiger partial charge on any atom is -0.452 e. The van der Waals surface area contributed by atoms with E-state index in [0.29, 0.717) is 16.9 Å². The molecule has 3 aromatic rings. The van der Waals surface area contributed by atoms with Crippen LogP contribution in [0.1, 0.15) is 48.8 Å². The Labute approximate surface area is 181 Å². The van der Waals surface area contributed by atoms with E-state index in [1.165, 1.54) is 6.07 Å². The highest BCUT2D eigenvalue weighted by atomic mass is 16.5. The van der Waals surface area contributed by atoms with Gasteiger partial charge in [-0.15, -0.1) is 0 Å². The maximum atomic E-state index is 13.1. The fraction of sp³-hybridized carbons (Fsp3) is 0.250. The van der Waals surface area contributed by atoms with Crippen LogP contribution in [-0.2, 0) is 16.6 Å². The lowest BCUT2D eigenvalue weighted by Gasteiger charge is -2.11. The highest BCUT2D eigenvalue weighted by Gasteiger charge is 2.21. The Balaban J connectivity index is 1.75. The average molecular weight is 419 g/mol. The number of carbonyl (C=O) groups is 3. The van der Waals surface area contributed by atoms with E-state index in [9.17, 15) is 14.4 Å². The Morgan fingerprint density at radius 1 is 0.968 bits per heavy atom. The number of anilines is 1. The Morgan fingerprint density at radius 2 is 1.65 bits per heavy atom. The summed E-state index contributed by atoms with van der Waals surface area (Å²) >= 11 is 0. The summed E-state index contributed by atoms with van der Waals surface area (Å²) in [6, 6.07) is 12.0. The first-order valence-electron chi connectivity index (χ1n) is 9.87. The molecule has 1 amide bonds. The summed E-state index contributed by atoms with van der Waals surface area (Å²) < 4.78 is 6.86. The van der Waals surface area contributed by atoms with E-state index < -0.39 is 18.5 Å². The molecule has 0 aliphatic rings. The third kappa shape index (κ3) is 4.71. The van der Waals surface area contributed by atoms with E-state index in [-0.39, 0.29) is 16.9 Å². The zero-order valence-electron chi connectivity index (χ0n) is 18.3. The lowest BCUT2D eigenvalue weighted by atomic mass is 9.94. The van der Waals surface area contributed by atoms with Gasteiger partial charge >= 0.3 is 5.97 Å². The van der Waals surface area contributed by atoms with Crippen molar-refractivity contribution in [2.45, 2.75) is 27.7 Å². The molecule has 0 unspecified atom stereocenters. The van der Waals surface area contributed by atoms with Crippen LogP contribution >= 0.6 is 0 Å². The highest BCUT2D eigenvalue weighted by molar-refractivity contribution is 6.15. The van der Waals surface area contributed by atoms with Gasteiger partial charge in [0.1, 0.15) is 0 Å². The van der Waals surface area contributed by atoms with Crippen molar-refractivity contribution in [1.29, 1.82) is 0 Å². The minimum absolute atomic E-state index is 0.120. The molecule has 0 spiro atoms. The van der Waals surface area contributed by atoms with Crippen LogP contribution in [0.4, 0.5) is 5.69 Å². The maximum absolute atomic E-state index is 13.1. The number of nitrogens with zero attached hydrogens (tertiary/aromatic N) is 2. The van der Waals surface area contributed by atoms with Crippen molar-refractivity contribution in [3.63, 3.8) is 0 Å². The summed E-state index contributed by atoms with van der Waals surface area (Å²) in [5.74, 6) is -1.48. The SMILES string of the molecule is Cc1ccc(C)c(C(=O)c2ccccc2C(=O)OCC(=O)Nc2c(C)nn(C)c2C)c1. The van der Waals surface area contributed by atoms with Crippen LogP contribution in [0.15, 0.2) is 42.5 Å². The molecule has 31 heavy (non-hydrogen) atoms. The van der Waals surface area contributed by atoms with Gasteiger partial charge in [0.05, 0.1) is 22.6 Å². The molecule has 7 heteroatoms. The van der Waals surface area contributed by atoms with Gasteiger partial charge < -0.3 is 10.1 Å². The van der Waals surface area contributed by atoms with E-state index >= 15 is 0 Å². The van der Waals surface area contributed by atoms with Crippen molar-refractivity contribution >= 4 is 23.3 Å². The van der Waals surface area contributed by atoms with Gasteiger partial charge in [-0.1, -0.05) is 35.9 Å². The summed E-state index contributed by atoms with van der Waals surface area (Å²) in [5, 5.41) is 6.95. The number of ketones is 1. The molecule has 0 saturated heterocycles. The Hall–Kier alpha value is -3.74. The second-order valence-corrected chi connectivity index (χ2v) is 7.49. The fourth-order valence-corrected chi connectivity index (χ4v) is 3.32. The van der Waals surface area contributed by atoms with Gasteiger partial charge in [0.2, 0.25) is 0 Å². The second-order valence-electron chi connectivity index (χ2n) is 7.49. The van der Waals surface area contributed by atoms with E-state index in [2.05, 4.69) is 10.4 Å². The molecule has 0 fully saturated rings. The van der Waals surface area contributed by atoms with Gasteiger partial charge in [0.15, 0.2) is 12.4 Å². The van der Waals surface area contributed by atoms with Crippen LogP contribution in [0.3, 0.4) is 0 Å². The molecule has 0 saturated carbocycles. The summed E-state index contributed by atoms with van der Waals surface area (Å²) in [5.41, 5.74) is 4.71. The van der Waals surface area contributed by atoms with Gasteiger partial charge in [0.25, 0.3) is 5.91 Å². The molecule has 160 valence electrons. The first-order chi connectivity index (χ1) is 14.7. The normalized spacial score (nSPS) is 10.6. The van der Waals surface area contributed by atoms with Crippen LogP contribution < -0.4 is 5.32 Å². The molecule has 7 nitrogen and oxygen atoms in total. The average Bonchev–Trinajstić information content (AvgIpc) is 2.99. The molecule has 1 N–H and O–H groups in total. The molecule has 0 radical (unpaired) electrons. The van der Waals surface area contributed by atoms with Crippen LogP contribution in [-0.4, -0.2) is 34.0 Å². The summed E-state index contributed by atoms with van der Waals surface area (Å²) in [7, 11) is 1.78. The molecular weight excluding hydrogens is 394 g/mol. The number of amides is 1. The van der Waals surface area contributed by atoms with E-state index in [1.807, 2.05) is 32.9 Å². The number of ether oxygens (including phenoxy) is 1. The molecule has 1 aromatic heterocycles. The van der Waals surface area contributed by atoms with Crippen LogP contribution in [0.5, 0.6) is 0 Å². The molecule has 0 atom stereocenters. The molecule has 0 aliphatic heterocycles. The molecule has 0 aliphatic carbocycles. The minimum atomic E-state index is -0.732. The first-order valence-corrected chi connectivity index (χ1v) is 9.87. The van der Waals surface area contributed by atoms with Crippen LogP contribution in [0, 0.1) is 27.7 Å². The topological polar surface area (TPSA) is 90.3 Å². The number of rotatable bonds is 6. The summed E-state index contributed by atoms with van der Waals surface area (Å²) in [6.07, 6.45) is 0. The Bertz CT molecular complexity index is 1180. The maximum Gasteiger partial charge on any atom is 0.339 e. The lowest BCUT2D eigenvalue weighted by molar-refractivity contribution is -0.119. The quantitative estimate of drug-likeness (QED) is 0.486. The molecular formula is C24H25N3O4. The number of hydrogen-bond acceptors (Lipinski definition) is 5. The number of benzene rings is 2.